The minimum atomic E-state index is -0.221. The molecule has 4 nitrogen and oxygen atoms in total. The van der Waals surface area contributed by atoms with Gasteiger partial charge in [0.1, 0.15) is 17.4 Å². The second-order valence-corrected chi connectivity index (χ2v) is 6.28. The predicted octanol–water partition coefficient (Wildman–Crippen LogP) is 3.72. The number of benzene rings is 2. The van der Waals surface area contributed by atoms with Gasteiger partial charge in [-0.05, 0) is 12.0 Å². The zero-order chi connectivity index (χ0) is 17.2. The van der Waals surface area contributed by atoms with Gasteiger partial charge in [0.2, 0.25) is 11.6 Å². The van der Waals surface area contributed by atoms with Gasteiger partial charge in [0.05, 0.1) is 13.2 Å². The zero-order valence-corrected chi connectivity index (χ0v) is 13.7. The van der Waals surface area contributed by atoms with Gasteiger partial charge in [-0.25, -0.2) is 0 Å². The number of allylic oxidation sites excluding steroid dienone is 2. The number of fused-ring (bicyclic) bond motifs is 1. The first-order valence-corrected chi connectivity index (χ1v) is 8.44. The second-order valence-electron chi connectivity index (χ2n) is 6.28. The fraction of sp³-hybridized carbons (Fsp3) is 0.238. The molecular formula is C21H18O4. The van der Waals surface area contributed by atoms with Crippen molar-refractivity contribution in [3.05, 3.63) is 82.6 Å². The maximum Gasteiger partial charge on any atom is 0.201 e. The molecule has 4 rings (SSSR count). The Morgan fingerprint density at radius 1 is 0.920 bits per heavy atom. The molecule has 1 aliphatic heterocycles. The van der Waals surface area contributed by atoms with Crippen LogP contribution in [0.3, 0.4) is 0 Å². The van der Waals surface area contributed by atoms with Crippen LogP contribution < -0.4 is 0 Å². The van der Waals surface area contributed by atoms with E-state index in [-0.39, 0.29) is 23.2 Å². The molecule has 0 radical (unpaired) electrons. The molecule has 0 unspecified atom stereocenters. The van der Waals surface area contributed by atoms with Crippen LogP contribution in [-0.2, 0) is 16.1 Å². The normalized spacial score (nSPS) is 19.3. The molecule has 1 aliphatic carbocycles. The summed E-state index contributed by atoms with van der Waals surface area (Å²) >= 11 is 0. The van der Waals surface area contributed by atoms with Crippen LogP contribution >= 0.6 is 0 Å². The molecular weight excluding hydrogens is 316 g/mol. The molecule has 0 spiro atoms. The van der Waals surface area contributed by atoms with Crippen molar-refractivity contribution in [1.82, 2.24) is 0 Å². The third-order valence-electron chi connectivity index (χ3n) is 4.57. The Morgan fingerprint density at radius 2 is 1.56 bits per heavy atom. The van der Waals surface area contributed by atoms with Crippen LogP contribution in [0, 0.1) is 0 Å². The molecule has 0 N–H and O–H groups in total. The lowest BCUT2D eigenvalue weighted by atomic mass is 10.1. The van der Waals surface area contributed by atoms with Crippen molar-refractivity contribution in [3.8, 4) is 0 Å². The van der Waals surface area contributed by atoms with E-state index in [1.54, 1.807) is 24.3 Å². The van der Waals surface area contributed by atoms with Gasteiger partial charge in [-0.1, -0.05) is 54.6 Å². The van der Waals surface area contributed by atoms with Crippen LogP contribution in [-0.4, -0.2) is 24.3 Å². The van der Waals surface area contributed by atoms with Crippen LogP contribution in [0.1, 0.15) is 39.1 Å². The SMILES string of the molecule is O=C1C(=C2CC[C@H](COCc3ccccc3)O2)C(=O)c2ccccc21. The molecule has 1 heterocycles. The zero-order valence-electron chi connectivity index (χ0n) is 13.7. The molecule has 2 aromatic rings. The Hall–Kier alpha value is -2.72. The number of ether oxygens (including phenoxy) is 2. The maximum absolute atomic E-state index is 12.5. The van der Waals surface area contributed by atoms with E-state index in [0.717, 1.165) is 12.0 Å². The first-order chi connectivity index (χ1) is 12.2. The highest BCUT2D eigenvalue weighted by molar-refractivity contribution is 6.39. The van der Waals surface area contributed by atoms with E-state index in [1.807, 2.05) is 30.3 Å². The summed E-state index contributed by atoms with van der Waals surface area (Å²) in [7, 11) is 0. The standard InChI is InChI=1S/C21H18O4/c22-20-16-8-4-5-9-17(16)21(23)19(20)18-11-10-15(25-18)13-24-12-14-6-2-1-3-7-14/h1-9,15H,10-13H2/t15-/m1/s1. The highest BCUT2D eigenvalue weighted by Crippen LogP contribution is 2.34. The van der Waals surface area contributed by atoms with Crippen molar-refractivity contribution >= 4 is 11.6 Å². The van der Waals surface area contributed by atoms with Crippen molar-refractivity contribution in [3.63, 3.8) is 0 Å². The van der Waals surface area contributed by atoms with Crippen molar-refractivity contribution in [1.29, 1.82) is 0 Å². The first kappa shape index (κ1) is 15.8. The fourth-order valence-corrected chi connectivity index (χ4v) is 3.30. The number of carbonyl (C=O) groups excluding carboxylic acids is 2. The summed E-state index contributed by atoms with van der Waals surface area (Å²) in [6.45, 7) is 0.969. The van der Waals surface area contributed by atoms with Crippen LogP contribution in [0.4, 0.5) is 0 Å². The molecule has 25 heavy (non-hydrogen) atoms. The van der Waals surface area contributed by atoms with Crippen molar-refractivity contribution < 1.29 is 19.1 Å². The Balaban J connectivity index is 1.42. The van der Waals surface area contributed by atoms with Crippen LogP contribution in [0.5, 0.6) is 0 Å². The van der Waals surface area contributed by atoms with Gasteiger partial charge < -0.3 is 9.47 Å². The molecule has 4 heteroatoms. The quantitative estimate of drug-likeness (QED) is 0.632. The van der Waals surface area contributed by atoms with E-state index in [9.17, 15) is 9.59 Å². The fourth-order valence-electron chi connectivity index (χ4n) is 3.30. The van der Waals surface area contributed by atoms with Crippen molar-refractivity contribution in [2.45, 2.75) is 25.6 Å². The van der Waals surface area contributed by atoms with E-state index in [4.69, 9.17) is 9.47 Å². The third kappa shape index (κ3) is 3.01. The number of rotatable bonds is 4. The van der Waals surface area contributed by atoms with Gasteiger partial charge in [-0.15, -0.1) is 0 Å². The molecule has 0 amide bonds. The van der Waals surface area contributed by atoms with E-state index in [1.165, 1.54) is 0 Å². The van der Waals surface area contributed by atoms with Gasteiger partial charge in [0.25, 0.3) is 0 Å². The smallest absolute Gasteiger partial charge is 0.201 e. The first-order valence-electron chi connectivity index (χ1n) is 8.44. The minimum Gasteiger partial charge on any atom is -0.491 e. The topological polar surface area (TPSA) is 52.6 Å². The predicted molar refractivity (Wildman–Crippen MR) is 92.3 cm³/mol. The Morgan fingerprint density at radius 3 is 2.24 bits per heavy atom. The number of carbonyl (C=O) groups is 2. The van der Waals surface area contributed by atoms with E-state index in [2.05, 4.69) is 0 Å². The lowest BCUT2D eigenvalue weighted by Gasteiger charge is -2.12. The number of hydrogen-bond acceptors (Lipinski definition) is 4. The molecule has 2 aromatic carbocycles. The lowest BCUT2D eigenvalue weighted by molar-refractivity contribution is 0.0281. The molecule has 1 fully saturated rings. The van der Waals surface area contributed by atoms with Crippen LogP contribution in [0.2, 0.25) is 0 Å². The van der Waals surface area contributed by atoms with Crippen LogP contribution in [0.25, 0.3) is 0 Å². The van der Waals surface area contributed by atoms with Crippen LogP contribution in [0.15, 0.2) is 65.9 Å². The van der Waals surface area contributed by atoms with Gasteiger partial charge in [0, 0.05) is 17.5 Å². The molecule has 0 aromatic heterocycles. The Labute approximate surface area is 146 Å². The van der Waals surface area contributed by atoms with Gasteiger partial charge in [-0.3, -0.25) is 9.59 Å². The van der Waals surface area contributed by atoms with Crippen molar-refractivity contribution in [2.75, 3.05) is 6.61 Å². The van der Waals surface area contributed by atoms with Gasteiger partial charge >= 0.3 is 0 Å². The Kier molecular flexibility index (Phi) is 4.20. The van der Waals surface area contributed by atoms with Gasteiger partial charge in [0.15, 0.2) is 0 Å². The summed E-state index contributed by atoms with van der Waals surface area (Å²) < 4.78 is 11.6. The number of hydrogen-bond donors (Lipinski definition) is 0. The van der Waals surface area contributed by atoms with E-state index >= 15 is 0 Å². The summed E-state index contributed by atoms with van der Waals surface area (Å²) in [5, 5.41) is 0. The average Bonchev–Trinajstić information content (AvgIpc) is 3.20. The molecule has 2 aliphatic rings. The summed E-state index contributed by atoms with van der Waals surface area (Å²) in [6, 6.07) is 16.9. The summed E-state index contributed by atoms with van der Waals surface area (Å²) in [5.41, 5.74) is 2.26. The number of Topliss-reactive ketones (excluding diaryl/α,β-unsaturated/α-hetero) is 2. The van der Waals surface area contributed by atoms with Gasteiger partial charge in [-0.2, -0.15) is 0 Å². The highest BCUT2D eigenvalue weighted by atomic mass is 16.5. The third-order valence-corrected chi connectivity index (χ3v) is 4.57. The molecule has 0 bridgehead atoms. The number of ketones is 2. The minimum absolute atomic E-state index is 0.115. The largest absolute Gasteiger partial charge is 0.491 e. The molecule has 1 atom stereocenters. The average molecular weight is 334 g/mol. The lowest BCUT2D eigenvalue weighted by Crippen LogP contribution is -2.14. The maximum atomic E-state index is 12.5. The van der Waals surface area contributed by atoms with E-state index in [0.29, 0.717) is 36.5 Å². The molecule has 1 saturated heterocycles. The second kappa shape index (κ2) is 6.65. The Bertz CT molecular complexity index is 814. The monoisotopic (exact) mass is 334 g/mol. The van der Waals surface area contributed by atoms with E-state index < -0.39 is 0 Å². The highest BCUT2D eigenvalue weighted by Gasteiger charge is 2.38. The summed E-state index contributed by atoms with van der Waals surface area (Å²) in [4.78, 5) is 25.0. The van der Waals surface area contributed by atoms with Crippen molar-refractivity contribution in [2.24, 2.45) is 0 Å². The summed E-state index contributed by atoms with van der Waals surface area (Å²) in [5.74, 6) is 0.0717. The molecule has 126 valence electrons. The summed E-state index contributed by atoms with van der Waals surface area (Å²) in [6.07, 6.45) is 1.24. The molecule has 0 saturated carbocycles.